The van der Waals surface area contributed by atoms with Gasteiger partial charge in [-0.15, -0.1) is 0 Å². The van der Waals surface area contributed by atoms with Gasteiger partial charge >= 0.3 is 0 Å². The summed E-state index contributed by atoms with van der Waals surface area (Å²) in [5.74, 6) is 7.97. The van der Waals surface area contributed by atoms with Crippen LogP contribution in [0.15, 0.2) is 97.1 Å². The summed E-state index contributed by atoms with van der Waals surface area (Å²) in [6, 6.07) is 31.1. The average Bonchev–Trinajstić information content (AvgIpc) is 3.01. The molecule has 0 heterocycles. The first kappa shape index (κ1) is 32.6. The van der Waals surface area contributed by atoms with Crippen LogP contribution >= 0.6 is 0 Å². The molecule has 0 saturated carbocycles. The molecule has 0 radical (unpaired) electrons. The van der Waals surface area contributed by atoms with Gasteiger partial charge in [0, 0.05) is 23.7 Å². The van der Waals surface area contributed by atoms with E-state index in [0.717, 1.165) is 33.5 Å². The van der Waals surface area contributed by atoms with Crippen molar-refractivity contribution in [3.63, 3.8) is 0 Å². The number of anilines is 1. The topological polar surface area (TPSA) is 48.0 Å². The standard InChI is InChI=1S/C38H43NO4Si/c1-28(40)39(30-19-13-10-14-20-30)35(25-23-29-17-11-9-12-18-29)33-22-16-15-21-31(33)32-24-26-36(41-5)37(42-6)34(32)27-43-44(7,8)38(2,3)4/h9-22,24,26,35H,27H2,1-8H3. The fraction of sp³-hybridized carbons (Fsp3) is 0.289. The van der Waals surface area contributed by atoms with Crippen LogP contribution in [0.1, 0.15) is 50.4 Å². The van der Waals surface area contributed by atoms with E-state index >= 15 is 0 Å². The Balaban J connectivity index is 1.96. The third-order valence-electron chi connectivity index (χ3n) is 8.34. The van der Waals surface area contributed by atoms with Crippen molar-refractivity contribution in [1.29, 1.82) is 0 Å². The fourth-order valence-electron chi connectivity index (χ4n) is 4.89. The molecule has 44 heavy (non-hydrogen) atoms. The minimum absolute atomic E-state index is 0.0347. The molecule has 0 aliphatic heterocycles. The Labute approximate surface area is 263 Å². The zero-order chi connectivity index (χ0) is 31.9. The number of benzene rings is 4. The second kappa shape index (κ2) is 14.0. The van der Waals surface area contributed by atoms with Crippen LogP contribution in [0.2, 0.25) is 18.1 Å². The van der Waals surface area contributed by atoms with Gasteiger partial charge in [-0.05, 0) is 65.2 Å². The van der Waals surface area contributed by atoms with Crippen LogP contribution in [-0.4, -0.2) is 28.4 Å². The van der Waals surface area contributed by atoms with E-state index in [1.807, 2.05) is 91.0 Å². The number of ether oxygens (including phenoxy) is 2. The van der Waals surface area contributed by atoms with Crippen molar-refractivity contribution in [3.8, 4) is 34.5 Å². The molecule has 0 saturated heterocycles. The highest BCUT2D eigenvalue weighted by atomic mass is 28.4. The van der Waals surface area contributed by atoms with Gasteiger partial charge in [-0.2, -0.15) is 0 Å². The first-order valence-corrected chi connectivity index (χ1v) is 17.8. The number of carbonyl (C=O) groups excluding carboxylic acids is 1. The predicted molar refractivity (Wildman–Crippen MR) is 183 cm³/mol. The Hall–Kier alpha value is -4.31. The summed E-state index contributed by atoms with van der Waals surface area (Å²) in [7, 11) is 1.19. The number of hydrogen-bond donors (Lipinski definition) is 0. The average molecular weight is 606 g/mol. The van der Waals surface area contributed by atoms with Crippen LogP contribution in [0.3, 0.4) is 0 Å². The van der Waals surface area contributed by atoms with E-state index in [1.54, 1.807) is 26.0 Å². The second-order valence-electron chi connectivity index (χ2n) is 12.2. The maximum atomic E-state index is 13.4. The second-order valence-corrected chi connectivity index (χ2v) is 17.0. The number of nitrogens with zero attached hydrogens (tertiary/aromatic N) is 1. The van der Waals surface area contributed by atoms with Crippen LogP contribution < -0.4 is 14.4 Å². The lowest BCUT2D eigenvalue weighted by molar-refractivity contribution is -0.116. The van der Waals surface area contributed by atoms with Gasteiger partial charge in [0.2, 0.25) is 5.91 Å². The predicted octanol–water partition coefficient (Wildman–Crippen LogP) is 9.04. The van der Waals surface area contributed by atoms with Crippen LogP contribution in [0.5, 0.6) is 11.5 Å². The summed E-state index contributed by atoms with van der Waals surface area (Å²) in [6.45, 7) is 13.1. The number of rotatable bonds is 9. The van der Waals surface area contributed by atoms with Crippen LogP contribution in [0, 0.1) is 11.8 Å². The summed E-state index contributed by atoms with van der Waals surface area (Å²) in [5.41, 5.74) is 5.33. The van der Waals surface area contributed by atoms with Crippen molar-refractivity contribution in [2.24, 2.45) is 0 Å². The van der Waals surface area contributed by atoms with Crippen molar-refractivity contribution >= 4 is 19.9 Å². The van der Waals surface area contributed by atoms with Crippen LogP contribution in [0.25, 0.3) is 11.1 Å². The minimum atomic E-state index is -2.11. The Bertz CT molecular complexity index is 1630. The third-order valence-corrected chi connectivity index (χ3v) is 12.8. The lowest BCUT2D eigenvalue weighted by Gasteiger charge is -2.36. The zero-order valence-corrected chi connectivity index (χ0v) is 28.1. The smallest absolute Gasteiger partial charge is 0.225 e. The highest BCUT2D eigenvalue weighted by Crippen LogP contribution is 2.44. The van der Waals surface area contributed by atoms with Crippen molar-refractivity contribution in [2.45, 2.75) is 58.5 Å². The van der Waals surface area contributed by atoms with Gasteiger partial charge in [0.05, 0.1) is 20.8 Å². The zero-order valence-electron chi connectivity index (χ0n) is 27.1. The molecule has 1 atom stereocenters. The Morgan fingerprint density at radius 2 is 1.43 bits per heavy atom. The van der Waals surface area contributed by atoms with Gasteiger partial charge in [-0.3, -0.25) is 9.69 Å². The molecular weight excluding hydrogens is 563 g/mol. The van der Waals surface area contributed by atoms with Gasteiger partial charge in [0.15, 0.2) is 19.8 Å². The number of carbonyl (C=O) groups is 1. The van der Waals surface area contributed by atoms with Crippen molar-refractivity contribution in [2.75, 3.05) is 19.1 Å². The van der Waals surface area contributed by atoms with Gasteiger partial charge in [0.25, 0.3) is 0 Å². The number of para-hydroxylation sites is 1. The summed E-state index contributed by atoms with van der Waals surface area (Å²) in [4.78, 5) is 15.1. The summed E-state index contributed by atoms with van der Waals surface area (Å²) < 4.78 is 18.4. The quantitative estimate of drug-likeness (QED) is 0.141. The summed E-state index contributed by atoms with van der Waals surface area (Å²) in [5, 5.41) is 0.0347. The monoisotopic (exact) mass is 605 g/mol. The maximum absolute atomic E-state index is 13.4. The van der Waals surface area contributed by atoms with E-state index in [9.17, 15) is 4.79 Å². The molecule has 0 fully saturated rings. The van der Waals surface area contributed by atoms with Gasteiger partial charge in [-0.25, -0.2) is 0 Å². The molecule has 5 nitrogen and oxygen atoms in total. The van der Waals surface area contributed by atoms with E-state index in [-0.39, 0.29) is 10.9 Å². The van der Waals surface area contributed by atoms with E-state index in [1.165, 1.54) is 0 Å². The molecule has 0 N–H and O–H groups in total. The molecule has 0 bridgehead atoms. The number of methoxy groups -OCH3 is 2. The minimum Gasteiger partial charge on any atom is -0.493 e. The maximum Gasteiger partial charge on any atom is 0.225 e. The molecule has 228 valence electrons. The molecule has 1 amide bonds. The van der Waals surface area contributed by atoms with Gasteiger partial charge in [-0.1, -0.05) is 99.3 Å². The van der Waals surface area contributed by atoms with E-state index in [4.69, 9.17) is 13.9 Å². The highest BCUT2D eigenvalue weighted by Gasteiger charge is 2.38. The van der Waals surface area contributed by atoms with Crippen LogP contribution in [0.4, 0.5) is 5.69 Å². The first-order chi connectivity index (χ1) is 21.0. The van der Waals surface area contributed by atoms with E-state index in [0.29, 0.717) is 18.1 Å². The molecule has 0 aromatic heterocycles. The largest absolute Gasteiger partial charge is 0.493 e. The molecule has 0 spiro atoms. The first-order valence-electron chi connectivity index (χ1n) is 14.9. The third kappa shape index (κ3) is 7.24. The lowest BCUT2D eigenvalue weighted by atomic mass is 9.90. The highest BCUT2D eigenvalue weighted by molar-refractivity contribution is 6.74. The van der Waals surface area contributed by atoms with Crippen molar-refractivity contribution in [3.05, 3.63) is 114 Å². The van der Waals surface area contributed by atoms with E-state index in [2.05, 4.69) is 51.8 Å². The van der Waals surface area contributed by atoms with Crippen molar-refractivity contribution < 1.29 is 18.7 Å². The molecule has 4 rings (SSSR count). The van der Waals surface area contributed by atoms with Crippen LogP contribution in [-0.2, 0) is 15.8 Å². The van der Waals surface area contributed by atoms with Gasteiger partial charge in [0.1, 0.15) is 6.04 Å². The van der Waals surface area contributed by atoms with E-state index < -0.39 is 14.4 Å². The molecule has 1 unspecified atom stereocenters. The SMILES string of the molecule is COc1ccc(-c2ccccc2C(C#Cc2ccccc2)N(C(C)=O)c2ccccc2)c(CO[Si](C)(C)C(C)(C)C)c1OC. The fourth-order valence-corrected chi connectivity index (χ4v) is 5.83. The molecule has 0 aliphatic carbocycles. The lowest BCUT2D eigenvalue weighted by Crippen LogP contribution is -2.40. The van der Waals surface area contributed by atoms with Crippen molar-refractivity contribution in [1.82, 2.24) is 0 Å². The number of amides is 1. The normalized spacial score (nSPS) is 12.1. The molecular formula is C38H43NO4Si. The number of hydrogen-bond acceptors (Lipinski definition) is 4. The Morgan fingerprint density at radius 3 is 2.02 bits per heavy atom. The molecule has 6 heteroatoms. The molecule has 0 aliphatic rings. The molecule has 4 aromatic carbocycles. The van der Waals surface area contributed by atoms with Gasteiger partial charge < -0.3 is 13.9 Å². The Morgan fingerprint density at radius 1 is 0.818 bits per heavy atom. The molecule has 4 aromatic rings. The summed E-state index contributed by atoms with van der Waals surface area (Å²) >= 11 is 0. The summed E-state index contributed by atoms with van der Waals surface area (Å²) in [6.07, 6.45) is 0. The Kier molecular flexibility index (Phi) is 10.4.